The summed E-state index contributed by atoms with van der Waals surface area (Å²) in [4.78, 5) is 4.60. The number of nitrogens with zero attached hydrogens (tertiary/aromatic N) is 2. The highest BCUT2D eigenvalue weighted by atomic mass is 127. The number of aryl methyl sites for hydroxylation is 3. The minimum absolute atomic E-state index is 0. The first-order valence-electron chi connectivity index (χ1n) is 8.80. The Morgan fingerprint density at radius 3 is 2.43 bits per heavy atom. The Morgan fingerprint density at radius 1 is 1.25 bits per heavy atom. The van der Waals surface area contributed by atoms with Crippen molar-refractivity contribution >= 4 is 39.8 Å². The van der Waals surface area contributed by atoms with Gasteiger partial charge < -0.3 is 15.2 Å². The number of aliphatic imine (C=N–C) groups is 1. The third-order valence-electron chi connectivity index (χ3n) is 4.48. The van der Waals surface area contributed by atoms with Crippen LogP contribution in [0, 0.1) is 20.8 Å². The second-order valence-corrected chi connectivity index (χ2v) is 8.80. The molecule has 0 saturated carbocycles. The standard InChI is InChI=1S/C19H28N4O3S.HI/c1-12-9-16(7-8-17(12)27(6,24)25)11-22-19(20-5)21-10-13(2)18-14(3)23-26-15(18)4;/h7-9,13H,10-11H2,1-6H3,(H2,20,21,22);1H. The summed E-state index contributed by atoms with van der Waals surface area (Å²) in [5.41, 5.74) is 3.75. The van der Waals surface area contributed by atoms with E-state index in [1.54, 1.807) is 20.0 Å². The van der Waals surface area contributed by atoms with Gasteiger partial charge in [0.15, 0.2) is 15.8 Å². The minimum Gasteiger partial charge on any atom is -0.361 e. The monoisotopic (exact) mass is 520 g/mol. The average molecular weight is 520 g/mol. The van der Waals surface area contributed by atoms with Gasteiger partial charge in [0.1, 0.15) is 5.76 Å². The molecule has 0 amide bonds. The summed E-state index contributed by atoms with van der Waals surface area (Å²) in [6.07, 6.45) is 1.22. The van der Waals surface area contributed by atoms with E-state index in [-0.39, 0.29) is 29.9 Å². The van der Waals surface area contributed by atoms with Crippen LogP contribution in [0.2, 0.25) is 0 Å². The molecule has 2 rings (SSSR count). The van der Waals surface area contributed by atoms with E-state index in [1.165, 1.54) is 6.26 Å². The van der Waals surface area contributed by atoms with Crippen LogP contribution in [0.3, 0.4) is 0 Å². The fraction of sp³-hybridized carbons (Fsp3) is 0.474. The maximum atomic E-state index is 11.7. The number of aromatic nitrogens is 1. The van der Waals surface area contributed by atoms with Gasteiger partial charge in [0.2, 0.25) is 0 Å². The highest BCUT2D eigenvalue weighted by molar-refractivity contribution is 14.0. The lowest BCUT2D eigenvalue weighted by atomic mass is 10.00. The zero-order chi connectivity index (χ0) is 20.2. The zero-order valence-corrected chi connectivity index (χ0v) is 20.3. The average Bonchev–Trinajstić information content (AvgIpc) is 2.92. The van der Waals surface area contributed by atoms with Gasteiger partial charge in [0.25, 0.3) is 0 Å². The van der Waals surface area contributed by atoms with Crippen LogP contribution in [0.5, 0.6) is 0 Å². The lowest BCUT2D eigenvalue weighted by Crippen LogP contribution is -2.38. The Kier molecular flexibility index (Phi) is 8.93. The van der Waals surface area contributed by atoms with E-state index in [2.05, 4.69) is 27.7 Å². The zero-order valence-electron chi connectivity index (χ0n) is 17.2. The fourth-order valence-electron chi connectivity index (χ4n) is 3.19. The largest absolute Gasteiger partial charge is 0.361 e. The van der Waals surface area contributed by atoms with Gasteiger partial charge in [0.05, 0.1) is 10.6 Å². The number of benzene rings is 1. The molecule has 2 N–H and O–H groups in total. The van der Waals surface area contributed by atoms with E-state index < -0.39 is 9.84 Å². The van der Waals surface area contributed by atoms with Gasteiger partial charge in [-0.1, -0.05) is 24.2 Å². The van der Waals surface area contributed by atoms with Crippen molar-refractivity contribution in [3.63, 3.8) is 0 Å². The number of nitrogens with one attached hydrogen (secondary N) is 2. The first kappa shape index (κ1) is 24.4. The van der Waals surface area contributed by atoms with Crippen LogP contribution in [-0.4, -0.2) is 39.4 Å². The summed E-state index contributed by atoms with van der Waals surface area (Å²) < 4.78 is 28.7. The molecule has 1 aromatic heterocycles. The molecule has 0 bridgehead atoms. The number of hydrogen-bond donors (Lipinski definition) is 2. The summed E-state index contributed by atoms with van der Waals surface area (Å²) in [5, 5.41) is 10.6. The SMILES string of the molecule is CN=C(NCc1ccc(S(C)(=O)=O)c(C)c1)NCC(C)c1c(C)noc1C.I. The Hall–Kier alpha value is -1.62. The number of hydrogen-bond acceptors (Lipinski definition) is 5. The second kappa shape index (κ2) is 10.2. The van der Waals surface area contributed by atoms with Crippen molar-refractivity contribution in [1.82, 2.24) is 15.8 Å². The van der Waals surface area contributed by atoms with E-state index in [4.69, 9.17) is 4.52 Å². The number of halogens is 1. The summed E-state index contributed by atoms with van der Waals surface area (Å²) >= 11 is 0. The Balaban J connectivity index is 0.00000392. The van der Waals surface area contributed by atoms with Crippen LogP contribution in [0.15, 0.2) is 32.6 Å². The van der Waals surface area contributed by atoms with Gasteiger partial charge in [0, 0.05) is 37.9 Å². The molecule has 156 valence electrons. The maximum Gasteiger partial charge on any atom is 0.191 e. The van der Waals surface area contributed by atoms with Gasteiger partial charge >= 0.3 is 0 Å². The van der Waals surface area contributed by atoms with Crippen molar-refractivity contribution in [2.45, 2.75) is 45.1 Å². The van der Waals surface area contributed by atoms with E-state index in [1.807, 2.05) is 26.0 Å². The molecule has 0 aliphatic heterocycles. The molecule has 28 heavy (non-hydrogen) atoms. The molecule has 0 saturated heterocycles. The van der Waals surface area contributed by atoms with Crippen LogP contribution in [-0.2, 0) is 16.4 Å². The molecule has 0 fully saturated rings. The van der Waals surface area contributed by atoms with E-state index in [0.717, 1.165) is 28.1 Å². The molecule has 0 radical (unpaired) electrons. The van der Waals surface area contributed by atoms with Crippen LogP contribution in [0.1, 0.15) is 41.0 Å². The van der Waals surface area contributed by atoms with Crippen molar-refractivity contribution in [2.75, 3.05) is 19.8 Å². The molecule has 1 heterocycles. The molecule has 9 heteroatoms. The van der Waals surface area contributed by atoms with Gasteiger partial charge in [-0.25, -0.2) is 8.42 Å². The minimum atomic E-state index is -3.20. The predicted molar refractivity (Wildman–Crippen MR) is 122 cm³/mol. The smallest absolute Gasteiger partial charge is 0.191 e. The maximum absolute atomic E-state index is 11.7. The molecule has 0 aliphatic carbocycles. The Bertz CT molecular complexity index is 919. The molecule has 1 aromatic carbocycles. The van der Waals surface area contributed by atoms with Crippen LogP contribution in [0.4, 0.5) is 0 Å². The highest BCUT2D eigenvalue weighted by Crippen LogP contribution is 2.22. The predicted octanol–water partition coefficient (Wildman–Crippen LogP) is 3.09. The van der Waals surface area contributed by atoms with E-state index in [0.29, 0.717) is 23.9 Å². The fourth-order valence-corrected chi connectivity index (χ4v) is 4.15. The number of guanidine groups is 1. The number of rotatable bonds is 6. The normalized spacial score (nSPS) is 13.0. The first-order chi connectivity index (χ1) is 12.6. The van der Waals surface area contributed by atoms with Gasteiger partial charge in [-0.2, -0.15) is 0 Å². The lowest BCUT2D eigenvalue weighted by Gasteiger charge is -2.16. The van der Waals surface area contributed by atoms with Crippen LogP contribution < -0.4 is 10.6 Å². The molecule has 1 unspecified atom stereocenters. The van der Waals surface area contributed by atoms with Crippen LogP contribution in [0.25, 0.3) is 0 Å². The quantitative estimate of drug-likeness (QED) is 0.345. The highest BCUT2D eigenvalue weighted by Gasteiger charge is 2.16. The third-order valence-corrected chi connectivity index (χ3v) is 5.74. The summed E-state index contributed by atoms with van der Waals surface area (Å²) in [7, 11) is -1.49. The molecule has 2 aromatic rings. The van der Waals surface area contributed by atoms with Gasteiger partial charge in [-0.3, -0.25) is 4.99 Å². The first-order valence-corrected chi connectivity index (χ1v) is 10.7. The molecular weight excluding hydrogens is 491 g/mol. The van der Waals surface area contributed by atoms with E-state index >= 15 is 0 Å². The van der Waals surface area contributed by atoms with E-state index in [9.17, 15) is 8.42 Å². The molecule has 0 spiro atoms. The molecule has 1 atom stereocenters. The van der Waals surface area contributed by atoms with Crippen LogP contribution >= 0.6 is 24.0 Å². The Labute approximate surface area is 184 Å². The summed E-state index contributed by atoms with van der Waals surface area (Å²) in [6.45, 7) is 9.01. The lowest BCUT2D eigenvalue weighted by molar-refractivity contribution is 0.391. The second-order valence-electron chi connectivity index (χ2n) is 6.82. The number of sulfone groups is 1. The molecule has 0 aliphatic rings. The van der Waals surface area contributed by atoms with Gasteiger partial charge in [-0.05, 0) is 38.0 Å². The third kappa shape index (κ3) is 6.20. The Morgan fingerprint density at radius 2 is 1.93 bits per heavy atom. The van der Waals surface area contributed by atoms with Gasteiger partial charge in [-0.15, -0.1) is 24.0 Å². The van der Waals surface area contributed by atoms with Crippen molar-refractivity contribution < 1.29 is 12.9 Å². The summed E-state index contributed by atoms with van der Waals surface area (Å²) in [6, 6.07) is 5.34. The van der Waals surface area contributed by atoms with Crippen molar-refractivity contribution in [2.24, 2.45) is 4.99 Å². The molecule has 7 nitrogen and oxygen atoms in total. The van der Waals surface area contributed by atoms with Crippen molar-refractivity contribution in [3.05, 3.63) is 46.3 Å². The topological polar surface area (TPSA) is 96.6 Å². The van der Waals surface area contributed by atoms with Crippen molar-refractivity contribution in [1.29, 1.82) is 0 Å². The van der Waals surface area contributed by atoms with Crippen molar-refractivity contribution in [3.8, 4) is 0 Å². The summed E-state index contributed by atoms with van der Waals surface area (Å²) in [5.74, 6) is 1.75. The molecular formula is C19H29IN4O3S.